The number of non-ortho nitro benzene ring substituents is 1. The number of carbonyl (C=O) groups is 1. The van der Waals surface area contributed by atoms with Crippen molar-refractivity contribution in [3.8, 4) is 5.75 Å². The lowest BCUT2D eigenvalue weighted by atomic mass is 10.1. The molecule has 1 aromatic rings. The quantitative estimate of drug-likeness (QED) is 0.370. The maximum absolute atomic E-state index is 12.1. The summed E-state index contributed by atoms with van der Waals surface area (Å²) in [6.45, 7) is 2.25. The molecule has 0 radical (unpaired) electrons. The summed E-state index contributed by atoms with van der Waals surface area (Å²) in [6, 6.07) is 2.41. The molecule has 0 atom stereocenters. The number of aromatic hydroxyl groups is 1. The van der Waals surface area contributed by atoms with Crippen LogP contribution in [0.2, 0.25) is 0 Å². The van der Waals surface area contributed by atoms with Gasteiger partial charge in [-0.05, 0) is 28.9 Å². The molecule has 1 aliphatic heterocycles. The van der Waals surface area contributed by atoms with Gasteiger partial charge in [-0.15, -0.1) is 0 Å². The van der Waals surface area contributed by atoms with Crippen molar-refractivity contribution in [1.29, 1.82) is 0 Å². The minimum absolute atomic E-state index is 0.164. The topological polar surface area (TPSA) is 83.7 Å². The highest BCUT2D eigenvalue weighted by molar-refractivity contribution is 9.10. The number of phenols is 1. The van der Waals surface area contributed by atoms with E-state index in [-0.39, 0.29) is 27.4 Å². The van der Waals surface area contributed by atoms with Crippen LogP contribution in [-0.2, 0) is 4.79 Å². The van der Waals surface area contributed by atoms with Crippen molar-refractivity contribution in [3.05, 3.63) is 37.2 Å². The SMILES string of the molecule is CCN1C(=O)/C(=C/c2cc([N+](=O)[O-])cc(Br)c2O)SC1=S. The Bertz CT molecular complexity index is 690. The predicted molar refractivity (Wildman–Crippen MR) is 88.0 cm³/mol. The number of benzene rings is 1. The van der Waals surface area contributed by atoms with E-state index in [0.29, 0.717) is 15.8 Å². The van der Waals surface area contributed by atoms with E-state index in [1.807, 2.05) is 0 Å². The zero-order chi connectivity index (χ0) is 15.7. The summed E-state index contributed by atoms with van der Waals surface area (Å²) in [5.41, 5.74) is 0.00423. The minimum atomic E-state index is -0.571. The molecule has 6 nitrogen and oxygen atoms in total. The van der Waals surface area contributed by atoms with E-state index in [1.165, 1.54) is 23.1 Å². The van der Waals surface area contributed by atoms with Crippen LogP contribution in [-0.4, -0.2) is 31.7 Å². The number of halogens is 1. The standard InChI is InChI=1S/C12H9BrN2O4S2/c1-2-14-11(17)9(21-12(14)20)4-6-3-7(15(18)19)5-8(13)10(6)16/h3-5,16H,2H2,1H3/b9-4-. The number of amides is 1. The molecule has 2 rings (SSSR count). The Labute approximate surface area is 138 Å². The Morgan fingerprint density at radius 3 is 2.76 bits per heavy atom. The van der Waals surface area contributed by atoms with Crippen molar-refractivity contribution in [2.75, 3.05) is 6.54 Å². The zero-order valence-electron chi connectivity index (χ0n) is 10.7. The van der Waals surface area contributed by atoms with Crippen molar-refractivity contribution in [3.63, 3.8) is 0 Å². The van der Waals surface area contributed by atoms with E-state index in [1.54, 1.807) is 6.92 Å². The van der Waals surface area contributed by atoms with Gasteiger partial charge in [-0.25, -0.2) is 0 Å². The van der Waals surface area contributed by atoms with Gasteiger partial charge in [0, 0.05) is 24.2 Å². The Balaban J connectivity index is 2.48. The first-order chi connectivity index (χ1) is 9.85. The molecule has 0 unspecified atom stereocenters. The van der Waals surface area contributed by atoms with E-state index >= 15 is 0 Å². The summed E-state index contributed by atoms with van der Waals surface area (Å²) in [4.78, 5) is 24.1. The van der Waals surface area contributed by atoms with Crippen LogP contribution in [0.1, 0.15) is 12.5 Å². The minimum Gasteiger partial charge on any atom is -0.506 e. The molecule has 110 valence electrons. The second-order valence-electron chi connectivity index (χ2n) is 4.05. The van der Waals surface area contributed by atoms with Crippen molar-refractivity contribution >= 4 is 61.9 Å². The van der Waals surface area contributed by atoms with E-state index in [0.717, 1.165) is 11.8 Å². The molecule has 21 heavy (non-hydrogen) atoms. The second-order valence-corrected chi connectivity index (χ2v) is 6.58. The molecule has 1 aliphatic rings. The van der Waals surface area contributed by atoms with Gasteiger partial charge in [0.05, 0.1) is 14.3 Å². The lowest BCUT2D eigenvalue weighted by Crippen LogP contribution is -2.27. The van der Waals surface area contributed by atoms with Crippen LogP contribution in [0.4, 0.5) is 5.69 Å². The number of rotatable bonds is 3. The number of likely N-dealkylation sites (N-methyl/N-ethyl adjacent to an activating group) is 1. The third-order valence-electron chi connectivity index (χ3n) is 2.76. The molecule has 1 aromatic carbocycles. The number of thioether (sulfide) groups is 1. The third kappa shape index (κ3) is 3.09. The van der Waals surface area contributed by atoms with Gasteiger partial charge in [0.1, 0.15) is 10.1 Å². The van der Waals surface area contributed by atoms with Crippen LogP contribution in [0.25, 0.3) is 6.08 Å². The lowest BCUT2D eigenvalue weighted by Gasteiger charge is -2.09. The predicted octanol–water partition coefficient (Wildman–Crippen LogP) is 3.28. The van der Waals surface area contributed by atoms with Gasteiger partial charge in [-0.2, -0.15) is 0 Å². The number of hydrogen-bond acceptors (Lipinski definition) is 6. The highest BCUT2D eigenvalue weighted by Gasteiger charge is 2.31. The first-order valence-electron chi connectivity index (χ1n) is 5.77. The third-order valence-corrected chi connectivity index (χ3v) is 4.75. The molecule has 1 N–H and O–H groups in total. The molecule has 0 spiro atoms. The maximum Gasteiger partial charge on any atom is 0.271 e. The van der Waals surface area contributed by atoms with Crippen LogP contribution in [0, 0.1) is 10.1 Å². The monoisotopic (exact) mass is 388 g/mol. The molecule has 0 aliphatic carbocycles. The highest BCUT2D eigenvalue weighted by atomic mass is 79.9. The molecule has 0 saturated carbocycles. The number of nitro benzene ring substituents is 1. The Hall–Kier alpha value is -1.45. The summed E-state index contributed by atoms with van der Waals surface area (Å²) in [5.74, 6) is -0.433. The van der Waals surface area contributed by atoms with Crippen molar-refractivity contribution in [1.82, 2.24) is 4.90 Å². The lowest BCUT2D eigenvalue weighted by molar-refractivity contribution is -0.385. The van der Waals surface area contributed by atoms with E-state index < -0.39 is 4.92 Å². The Morgan fingerprint density at radius 2 is 2.24 bits per heavy atom. The smallest absolute Gasteiger partial charge is 0.271 e. The fourth-order valence-corrected chi connectivity index (χ4v) is 3.57. The summed E-state index contributed by atoms with van der Waals surface area (Å²) in [5, 5.41) is 20.8. The molecule has 0 bridgehead atoms. The molecule has 1 heterocycles. The summed E-state index contributed by atoms with van der Waals surface area (Å²) in [7, 11) is 0. The Morgan fingerprint density at radius 1 is 1.57 bits per heavy atom. The molecular formula is C12H9BrN2O4S2. The number of hydrogen-bond donors (Lipinski definition) is 1. The van der Waals surface area contributed by atoms with Gasteiger partial charge in [-0.3, -0.25) is 19.8 Å². The van der Waals surface area contributed by atoms with Crippen molar-refractivity contribution in [2.24, 2.45) is 0 Å². The fraction of sp³-hybridized carbons (Fsp3) is 0.167. The molecule has 9 heteroatoms. The average Bonchev–Trinajstić information content (AvgIpc) is 2.68. The van der Waals surface area contributed by atoms with Crippen LogP contribution in [0.5, 0.6) is 5.75 Å². The number of carbonyl (C=O) groups excluding carboxylic acids is 1. The van der Waals surface area contributed by atoms with Crippen LogP contribution >= 0.6 is 39.9 Å². The number of nitrogens with zero attached hydrogens (tertiary/aromatic N) is 2. The van der Waals surface area contributed by atoms with Crippen LogP contribution < -0.4 is 0 Å². The van der Waals surface area contributed by atoms with Crippen molar-refractivity contribution in [2.45, 2.75) is 6.92 Å². The van der Waals surface area contributed by atoms with Gasteiger partial charge in [-0.1, -0.05) is 24.0 Å². The number of phenolic OH excluding ortho intramolecular Hbond substituents is 1. The summed E-state index contributed by atoms with van der Waals surface area (Å²) >= 11 is 9.24. The molecular weight excluding hydrogens is 380 g/mol. The molecule has 1 saturated heterocycles. The van der Waals surface area contributed by atoms with E-state index in [9.17, 15) is 20.0 Å². The number of nitro groups is 1. The molecule has 1 fully saturated rings. The molecule has 1 amide bonds. The highest BCUT2D eigenvalue weighted by Crippen LogP contribution is 2.37. The molecule has 0 aromatic heterocycles. The van der Waals surface area contributed by atoms with Crippen LogP contribution in [0.15, 0.2) is 21.5 Å². The first-order valence-corrected chi connectivity index (χ1v) is 7.79. The van der Waals surface area contributed by atoms with Gasteiger partial charge in [0.15, 0.2) is 0 Å². The van der Waals surface area contributed by atoms with Gasteiger partial charge in [0.25, 0.3) is 11.6 Å². The normalized spacial score (nSPS) is 16.9. The number of thiocarbonyl (C=S) groups is 1. The van der Waals surface area contributed by atoms with Gasteiger partial charge in [0.2, 0.25) is 0 Å². The van der Waals surface area contributed by atoms with E-state index in [2.05, 4.69) is 15.9 Å². The Kier molecular flexibility index (Phi) is 4.64. The summed E-state index contributed by atoms with van der Waals surface area (Å²) < 4.78 is 0.617. The largest absolute Gasteiger partial charge is 0.506 e. The van der Waals surface area contributed by atoms with Crippen LogP contribution in [0.3, 0.4) is 0 Å². The second kappa shape index (κ2) is 6.12. The van der Waals surface area contributed by atoms with Gasteiger partial charge < -0.3 is 5.11 Å². The van der Waals surface area contributed by atoms with Crippen molar-refractivity contribution < 1.29 is 14.8 Å². The first kappa shape index (κ1) is 15.9. The average molecular weight is 389 g/mol. The van der Waals surface area contributed by atoms with Gasteiger partial charge >= 0.3 is 0 Å². The summed E-state index contributed by atoms with van der Waals surface area (Å²) in [6.07, 6.45) is 1.40. The fourth-order valence-electron chi connectivity index (χ4n) is 1.73. The van der Waals surface area contributed by atoms with E-state index in [4.69, 9.17) is 12.2 Å². The zero-order valence-corrected chi connectivity index (χ0v) is 13.9. The maximum atomic E-state index is 12.1.